The number of hydrogen-bond donors (Lipinski definition) is 0. The maximum Gasteiger partial charge on any atom is 0.158 e. The monoisotopic (exact) mass is 241 g/mol. The van der Waals surface area contributed by atoms with E-state index in [0.29, 0.717) is 6.04 Å². The first-order valence-electron chi connectivity index (χ1n) is 6.83. The molecule has 3 nitrogen and oxygen atoms in total. The smallest absolute Gasteiger partial charge is 0.158 e. The first-order valence-corrected chi connectivity index (χ1v) is 6.83. The van der Waals surface area contributed by atoms with Gasteiger partial charge in [0.25, 0.3) is 0 Å². The normalized spacial score (nSPS) is 16.9. The third-order valence-corrected chi connectivity index (χ3v) is 3.69. The van der Waals surface area contributed by atoms with Gasteiger partial charge < -0.3 is 0 Å². The van der Waals surface area contributed by atoms with Crippen molar-refractivity contribution in [2.75, 3.05) is 0 Å². The molecule has 1 aliphatic carbocycles. The van der Waals surface area contributed by atoms with Crippen molar-refractivity contribution in [3.63, 3.8) is 0 Å². The molecule has 0 atom stereocenters. The molecule has 1 aromatic carbocycles. The van der Waals surface area contributed by atoms with Crippen LogP contribution >= 0.6 is 0 Å². The molecule has 0 aliphatic heterocycles. The van der Waals surface area contributed by atoms with Gasteiger partial charge >= 0.3 is 0 Å². The van der Waals surface area contributed by atoms with E-state index in [1.165, 1.54) is 37.7 Å². The van der Waals surface area contributed by atoms with Crippen molar-refractivity contribution in [1.82, 2.24) is 14.8 Å². The van der Waals surface area contributed by atoms with Crippen LogP contribution in [0.4, 0.5) is 0 Å². The molecule has 1 aliphatic rings. The number of benzene rings is 1. The Balaban J connectivity index is 1.99. The molecule has 3 rings (SSSR count). The zero-order valence-corrected chi connectivity index (χ0v) is 10.8. The Bertz CT molecular complexity index is 510. The molecule has 1 fully saturated rings. The van der Waals surface area contributed by atoms with Crippen LogP contribution in [0.3, 0.4) is 0 Å². The van der Waals surface area contributed by atoms with E-state index in [1.54, 1.807) is 0 Å². The first kappa shape index (κ1) is 11.5. The zero-order chi connectivity index (χ0) is 12.4. The van der Waals surface area contributed by atoms with Gasteiger partial charge in [0.1, 0.15) is 5.82 Å². The Morgan fingerprint density at radius 3 is 2.50 bits per heavy atom. The molecule has 0 N–H and O–H groups in total. The SMILES string of the molecule is Cc1nc(-c2ccccc2)n(C2CCCCC2)n1. The molecule has 0 unspecified atom stereocenters. The van der Waals surface area contributed by atoms with Gasteiger partial charge in [0.15, 0.2) is 5.82 Å². The molecule has 1 heterocycles. The quantitative estimate of drug-likeness (QED) is 0.801. The van der Waals surface area contributed by atoms with E-state index in [-0.39, 0.29) is 0 Å². The van der Waals surface area contributed by atoms with Crippen molar-refractivity contribution in [2.24, 2.45) is 0 Å². The third kappa shape index (κ3) is 2.17. The van der Waals surface area contributed by atoms with Crippen LogP contribution in [0.5, 0.6) is 0 Å². The lowest BCUT2D eigenvalue weighted by molar-refractivity contribution is 0.331. The minimum Gasteiger partial charge on any atom is -0.242 e. The van der Waals surface area contributed by atoms with Gasteiger partial charge in [0.2, 0.25) is 0 Å². The Labute approximate surface area is 108 Å². The van der Waals surface area contributed by atoms with Crippen molar-refractivity contribution in [2.45, 2.75) is 45.1 Å². The average molecular weight is 241 g/mol. The molecule has 0 bridgehead atoms. The summed E-state index contributed by atoms with van der Waals surface area (Å²) in [4.78, 5) is 4.61. The van der Waals surface area contributed by atoms with Crippen molar-refractivity contribution >= 4 is 0 Å². The molecule has 1 saturated carbocycles. The van der Waals surface area contributed by atoms with Crippen LogP contribution < -0.4 is 0 Å². The van der Waals surface area contributed by atoms with Gasteiger partial charge in [-0.1, -0.05) is 49.6 Å². The second kappa shape index (κ2) is 4.92. The average Bonchev–Trinajstić information content (AvgIpc) is 2.83. The van der Waals surface area contributed by atoms with Gasteiger partial charge in [-0.05, 0) is 19.8 Å². The van der Waals surface area contributed by atoms with Crippen LogP contribution in [0.2, 0.25) is 0 Å². The van der Waals surface area contributed by atoms with Gasteiger partial charge in [-0.25, -0.2) is 9.67 Å². The first-order chi connectivity index (χ1) is 8.84. The molecule has 0 saturated heterocycles. The van der Waals surface area contributed by atoms with E-state index < -0.39 is 0 Å². The van der Waals surface area contributed by atoms with Crippen molar-refractivity contribution in [1.29, 1.82) is 0 Å². The molecule has 0 radical (unpaired) electrons. The topological polar surface area (TPSA) is 30.7 Å². The number of aryl methyl sites for hydroxylation is 1. The van der Waals surface area contributed by atoms with Crippen molar-refractivity contribution in [3.8, 4) is 11.4 Å². The number of aromatic nitrogens is 3. The van der Waals surface area contributed by atoms with Crippen LogP contribution in [0.25, 0.3) is 11.4 Å². The Morgan fingerprint density at radius 2 is 1.78 bits per heavy atom. The van der Waals surface area contributed by atoms with Crippen LogP contribution in [-0.2, 0) is 0 Å². The molecule has 0 spiro atoms. The van der Waals surface area contributed by atoms with Crippen molar-refractivity contribution < 1.29 is 0 Å². The van der Waals surface area contributed by atoms with Gasteiger partial charge in [-0.2, -0.15) is 5.10 Å². The second-order valence-corrected chi connectivity index (χ2v) is 5.09. The van der Waals surface area contributed by atoms with E-state index in [0.717, 1.165) is 11.6 Å². The standard InChI is InChI=1S/C15H19N3/c1-12-16-15(13-8-4-2-5-9-13)18(17-12)14-10-6-3-7-11-14/h2,4-5,8-9,14H,3,6-7,10-11H2,1H3. The molecule has 0 amide bonds. The summed E-state index contributed by atoms with van der Waals surface area (Å²) in [5.74, 6) is 1.90. The lowest BCUT2D eigenvalue weighted by Gasteiger charge is -2.23. The molecule has 18 heavy (non-hydrogen) atoms. The molecular weight excluding hydrogens is 222 g/mol. The highest BCUT2D eigenvalue weighted by Gasteiger charge is 2.20. The number of hydrogen-bond acceptors (Lipinski definition) is 2. The van der Waals surface area contributed by atoms with Crippen molar-refractivity contribution in [3.05, 3.63) is 36.2 Å². The van der Waals surface area contributed by atoms with Crippen LogP contribution in [0.15, 0.2) is 30.3 Å². The van der Waals surface area contributed by atoms with Gasteiger partial charge in [0, 0.05) is 5.56 Å². The molecule has 3 heteroatoms. The molecular formula is C15H19N3. The highest BCUT2D eigenvalue weighted by molar-refractivity contribution is 5.54. The highest BCUT2D eigenvalue weighted by Crippen LogP contribution is 2.31. The largest absolute Gasteiger partial charge is 0.242 e. The predicted octanol–water partition coefficient (Wildman–Crippen LogP) is 3.76. The minimum atomic E-state index is 0.537. The zero-order valence-electron chi connectivity index (χ0n) is 10.8. The molecule has 2 aromatic rings. The summed E-state index contributed by atoms with van der Waals surface area (Å²) in [6.07, 6.45) is 6.48. The third-order valence-electron chi connectivity index (χ3n) is 3.69. The van der Waals surface area contributed by atoms with E-state index in [9.17, 15) is 0 Å². The summed E-state index contributed by atoms with van der Waals surface area (Å²) in [6.45, 7) is 1.98. The fourth-order valence-corrected chi connectivity index (χ4v) is 2.79. The predicted molar refractivity (Wildman–Crippen MR) is 72.3 cm³/mol. The Kier molecular flexibility index (Phi) is 3.13. The Hall–Kier alpha value is -1.64. The number of nitrogens with zero attached hydrogens (tertiary/aromatic N) is 3. The van der Waals surface area contributed by atoms with Gasteiger partial charge in [0.05, 0.1) is 6.04 Å². The summed E-state index contributed by atoms with van der Waals surface area (Å²) < 4.78 is 2.16. The lowest BCUT2D eigenvalue weighted by Crippen LogP contribution is -2.15. The maximum atomic E-state index is 4.62. The number of rotatable bonds is 2. The van der Waals surface area contributed by atoms with E-state index in [2.05, 4.69) is 39.0 Å². The van der Waals surface area contributed by atoms with Crippen LogP contribution in [0, 0.1) is 6.92 Å². The summed E-state index contributed by atoms with van der Waals surface area (Å²) in [5.41, 5.74) is 1.17. The summed E-state index contributed by atoms with van der Waals surface area (Å²) in [5, 5.41) is 4.62. The van der Waals surface area contributed by atoms with E-state index >= 15 is 0 Å². The van der Waals surface area contributed by atoms with Crippen LogP contribution in [0.1, 0.15) is 44.0 Å². The fourth-order valence-electron chi connectivity index (χ4n) is 2.79. The molecule has 1 aromatic heterocycles. The summed E-state index contributed by atoms with van der Waals surface area (Å²) in [7, 11) is 0. The fraction of sp³-hybridized carbons (Fsp3) is 0.467. The summed E-state index contributed by atoms with van der Waals surface area (Å²) >= 11 is 0. The highest BCUT2D eigenvalue weighted by atomic mass is 15.4. The summed E-state index contributed by atoms with van der Waals surface area (Å²) in [6, 6.07) is 10.9. The van der Waals surface area contributed by atoms with E-state index in [1.807, 2.05) is 13.0 Å². The van der Waals surface area contributed by atoms with Gasteiger partial charge in [-0.3, -0.25) is 0 Å². The van der Waals surface area contributed by atoms with Crippen LogP contribution in [-0.4, -0.2) is 14.8 Å². The molecule has 94 valence electrons. The minimum absolute atomic E-state index is 0.537. The maximum absolute atomic E-state index is 4.62. The van der Waals surface area contributed by atoms with E-state index in [4.69, 9.17) is 0 Å². The lowest BCUT2D eigenvalue weighted by atomic mass is 9.95. The Morgan fingerprint density at radius 1 is 1.06 bits per heavy atom. The van der Waals surface area contributed by atoms with Gasteiger partial charge in [-0.15, -0.1) is 0 Å². The second-order valence-electron chi connectivity index (χ2n) is 5.09.